The first-order chi connectivity index (χ1) is 7.75. The van der Waals surface area contributed by atoms with Crippen molar-refractivity contribution in [3.05, 3.63) is 42.0 Å². The fourth-order valence-electron chi connectivity index (χ4n) is 1.23. The number of nitrogens with zero attached hydrogens (tertiary/aromatic N) is 4. The smallest absolute Gasteiger partial charge is 0.273 e. The summed E-state index contributed by atoms with van der Waals surface area (Å²) < 4.78 is 0. The van der Waals surface area contributed by atoms with Gasteiger partial charge in [-0.15, -0.1) is 5.10 Å². The molecule has 0 aliphatic heterocycles. The van der Waals surface area contributed by atoms with Gasteiger partial charge >= 0.3 is 0 Å². The number of aryl methyl sites for hydroxylation is 1. The Kier molecular flexibility index (Phi) is 2.90. The van der Waals surface area contributed by atoms with Crippen LogP contribution in [-0.4, -0.2) is 25.9 Å². The maximum atomic E-state index is 11.6. The number of rotatable bonds is 3. The molecule has 1 N–H and O–H groups in total. The van der Waals surface area contributed by atoms with Crippen molar-refractivity contribution >= 4 is 5.91 Å². The number of nitrogens with one attached hydrogen (secondary N) is 1. The highest BCUT2D eigenvalue weighted by atomic mass is 16.2. The SMILES string of the molecule is Cn1ncc(C(=O)NCc2cccnc2)n1. The average molecular weight is 217 g/mol. The summed E-state index contributed by atoms with van der Waals surface area (Å²) >= 11 is 0. The van der Waals surface area contributed by atoms with E-state index in [1.807, 2.05) is 12.1 Å². The van der Waals surface area contributed by atoms with Crippen LogP contribution < -0.4 is 5.32 Å². The topological polar surface area (TPSA) is 72.7 Å². The van der Waals surface area contributed by atoms with Gasteiger partial charge in [-0.05, 0) is 11.6 Å². The molecule has 0 aliphatic carbocycles. The highest BCUT2D eigenvalue weighted by molar-refractivity contribution is 5.91. The van der Waals surface area contributed by atoms with Gasteiger partial charge in [0.1, 0.15) is 0 Å². The van der Waals surface area contributed by atoms with Gasteiger partial charge < -0.3 is 5.32 Å². The summed E-state index contributed by atoms with van der Waals surface area (Å²) in [5, 5.41) is 10.5. The van der Waals surface area contributed by atoms with E-state index < -0.39 is 0 Å². The van der Waals surface area contributed by atoms with Gasteiger partial charge in [-0.3, -0.25) is 9.78 Å². The zero-order chi connectivity index (χ0) is 11.4. The van der Waals surface area contributed by atoms with Gasteiger partial charge in [-0.1, -0.05) is 6.07 Å². The normalized spacial score (nSPS) is 10.1. The fourth-order valence-corrected chi connectivity index (χ4v) is 1.23. The van der Waals surface area contributed by atoms with Crippen LogP contribution in [0.25, 0.3) is 0 Å². The number of pyridine rings is 1. The summed E-state index contributed by atoms with van der Waals surface area (Å²) in [5.74, 6) is -0.239. The summed E-state index contributed by atoms with van der Waals surface area (Å²) in [4.78, 5) is 16.9. The zero-order valence-corrected chi connectivity index (χ0v) is 8.79. The first-order valence-corrected chi connectivity index (χ1v) is 4.79. The number of carbonyl (C=O) groups excluding carboxylic acids is 1. The highest BCUT2D eigenvalue weighted by Crippen LogP contribution is 1.96. The van der Waals surface area contributed by atoms with Crippen LogP contribution in [0.1, 0.15) is 16.1 Å². The molecule has 0 aromatic carbocycles. The quantitative estimate of drug-likeness (QED) is 0.793. The second-order valence-corrected chi connectivity index (χ2v) is 3.26. The molecule has 0 aliphatic rings. The number of aromatic nitrogens is 4. The minimum Gasteiger partial charge on any atom is -0.346 e. The van der Waals surface area contributed by atoms with Gasteiger partial charge in [0.2, 0.25) is 0 Å². The maximum Gasteiger partial charge on any atom is 0.273 e. The molecule has 0 saturated heterocycles. The molecular weight excluding hydrogens is 206 g/mol. The van der Waals surface area contributed by atoms with E-state index >= 15 is 0 Å². The Hall–Kier alpha value is -2.24. The van der Waals surface area contributed by atoms with Gasteiger partial charge in [-0.2, -0.15) is 9.90 Å². The summed E-state index contributed by atoms with van der Waals surface area (Å²) in [6.07, 6.45) is 4.82. The predicted octanol–water partition coefficient (Wildman–Crippen LogP) is 0.140. The molecule has 6 heteroatoms. The monoisotopic (exact) mass is 217 g/mol. The van der Waals surface area contributed by atoms with Crippen LogP contribution in [0.2, 0.25) is 0 Å². The average Bonchev–Trinajstić information content (AvgIpc) is 2.74. The summed E-state index contributed by atoms with van der Waals surface area (Å²) in [6.45, 7) is 0.434. The predicted molar refractivity (Wildman–Crippen MR) is 56.4 cm³/mol. The highest BCUT2D eigenvalue weighted by Gasteiger charge is 2.08. The number of hydrogen-bond acceptors (Lipinski definition) is 4. The molecule has 2 aromatic heterocycles. The molecule has 82 valence electrons. The Morgan fingerprint density at radius 3 is 3.00 bits per heavy atom. The number of amides is 1. The number of carbonyl (C=O) groups is 1. The second kappa shape index (κ2) is 4.52. The molecule has 0 radical (unpaired) electrons. The van der Waals surface area contributed by atoms with Crippen LogP contribution >= 0.6 is 0 Å². The third-order valence-corrected chi connectivity index (χ3v) is 2.01. The molecular formula is C10H11N5O. The molecule has 2 rings (SSSR count). The van der Waals surface area contributed by atoms with Gasteiger partial charge in [0, 0.05) is 26.0 Å². The molecule has 6 nitrogen and oxygen atoms in total. The third-order valence-electron chi connectivity index (χ3n) is 2.01. The Bertz CT molecular complexity index is 479. The minimum absolute atomic E-state index is 0.239. The van der Waals surface area contributed by atoms with E-state index in [2.05, 4.69) is 20.5 Å². The Labute approximate surface area is 92.3 Å². The first-order valence-electron chi connectivity index (χ1n) is 4.79. The van der Waals surface area contributed by atoms with E-state index in [1.54, 1.807) is 19.4 Å². The molecule has 0 fully saturated rings. The van der Waals surface area contributed by atoms with E-state index in [-0.39, 0.29) is 5.91 Å². The van der Waals surface area contributed by atoms with Crippen molar-refractivity contribution in [3.63, 3.8) is 0 Å². The van der Waals surface area contributed by atoms with Crippen molar-refractivity contribution in [3.8, 4) is 0 Å². The van der Waals surface area contributed by atoms with E-state index in [0.29, 0.717) is 12.2 Å². The van der Waals surface area contributed by atoms with Crippen LogP contribution in [0.3, 0.4) is 0 Å². The van der Waals surface area contributed by atoms with Crippen molar-refractivity contribution in [2.75, 3.05) is 0 Å². The maximum absolute atomic E-state index is 11.6. The van der Waals surface area contributed by atoms with Crippen molar-refractivity contribution in [1.29, 1.82) is 0 Å². The van der Waals surface area contributed by atoms with Crippen LogP contribution in [0.4, 0.5) is 0 Å². The fraction of sp³-hybridized carbons (Fsp3) is 0.200. The zero-order valence-electron chi connectivity index (χ0n) is 8.79. The standard InChI is InChI=1S/C10H11N5O/c1-15-13-7-9(14-15)10(16)12-6-8-3-2-4-11-5-8/h2-5,7H,6H2,1H3,(H,12,16). The van der Waals surface area contributed by atoms with E-state index in [0.717, 1.165) is 5.56 Å². The van der Waals surface area contributed by atoms with Crippen LogP contribution in [0, 0.1) is 0 Å². The molecule has 0 saturated carbocycles. The lowest BCUT2D eigenvalue weighted by atomic mass is 10.3. The van der Waals surface area contributed by atoms with E-state index in [1.165, 1.54) is 11.0 Å². The lowest BCUT2D eigenvalue weighted by molar-refractivity contribution is 0.0945. The van der Waals surface area contributed by atoms with Gasteiger partial charge in [0.15, 0.2) is 5.69 Å². The molecule has 16 heavy (non-hydrogen) atoms. The van der Waals surface area contributed by atoms with Gasteiger partial charge in [0.05, 0.1) is 6.20 Å². The first kappa shape index (κ1) is 10.3. The molecule has 1 amide bonds. The molecule has 0 atom stereocenters. The van der Waals surface area contributed by atoms with Crippen LogP contribution in [-0.2, 0) is 13.6 Å². The van der Waals surface area contributed by atoms with Crippen molar-refractivity contribution < 1.29 is 4.79 Å². The molecule has 2 aromatic rings. The lowest BCUT2D eigenvalue weighted by Crippen LogP contribution is -2.23. The third kappa shape index (κ3) is 2.41. The lowest BCUT2D eigenvalue weighted by Gasteiger charge is -2.01. The number of hydrogen-bond donors (Lipinski definition) is 1. The summed E-state index contributed by atoms with van der Waals surface area (Å²) in [7, 11) is 1.66. The van der Waals surface area contributed by atoms with Gasteiger partial charge in [0.25, 0.3) is 5.91 Å². The molecule has 0 bridgehead atoms. The molecule has 0 spiro atoms. The minimum atomic E-state index is -0.239. The van der Waals surface area contributed by atoms with Gasteiger partial charge in [-0.25, -0.2) is 0 Å². The van der Waals surface area contributed by atoms with Crippen LogP contribution in [0.15, 0.2) is 30.7 Å². The Balaban J connectivity index is 1.94. The largest absolute Gasteiger partial charge is 0.346 e. The van der Waals surface area contributed by atoms with Crippen LogP contribution in [0.5, 0.6) is 0 Å². The molecule has 2 heterocycles. The Morgan fingerprint density at radius 1 is 1.50 bits per heavy atom. The molecule has 0 unspecified atom stereocenters. The van der Waals surface area contributed by atoms with Crippen molar-refractivity contribution in [2.24, 2.45) is 7.05 Å². The summed E-state index contributed by atoms with van der Waals surface area (Å²) in [5.41, 5.74) is 1.26. The van der Waals surface area contributed by atoms with Crippen molar-refractivity contribution in [2.45, 2.75) is 6.54 Å². The summed E-state index contributed by atoms with van der Waals surface area (Å²) in [6, 6.07) is 3.72. The van der Waals surface area contributed by atoms with Crippen molar-refractivity contribution in [1.82, 2.24) is 25.3 Å². The second-order valence-electron chi connectivity index (χ2n) is 3.26. The van der Waals surface area contributed by atoms with E-state index in [9.17, 15) is 4.79 Å². The Morgan fingerprint density at radius 2 is 2.38 bits per heavy atom. The van der Waals surface area contributed by atoms with E-state index in [4.69, 9.17) is 0 Å².